The van der Waals surface area contributed by atoms with E-state index in [1.165, 1.54) is 15.0 Å². The average Bonchev–Trinajstić information content (AvgIpc) is 2.07. The molecular formula is C10H10GaN. The Bertz CT molecular complexity index is 423. The Morgan fingerprint density at radius 2 is 2.00 bits per heavy atom. The number of aryl methyl sites for hydroxylation is 1. The number of pyridine rings is 1. The maximum atomic E-state index is 4.52. The molecule has 0 atom stereocenters. The van der Waals surface area contributed by atoms with Crippen molar-refractivity contribution >= 4 is 33.6 Å². The van der Waals surface area contributed by atoms with Crippen LogP contribution in [0.25, 0.3) is 10.9 Å². The van der Waals surface area contributed by atoms with E-state index in [0.717, 1.165) is 5.69 Å². The van der Waals surface area contributed by atoms with E-state index in [0.29, 0.717) is 18.6 Å². The summed E-state index contributed by atoms with van der Waals surface area (Å²) < 4.78 is 1.43. The van der Waals surface area contributed by atoms with E-state index >= 15 is 0 Å². The number of fused-ring (bicyclic) bond motifs is 1. The number of rotatable bonds is 0. The molecule has 1 heterocycles. The summed E-state index contributed by atoms with van der Waals surface area (Å²) in [6.45, 7) is 2.04. The van der Waals surface area contributed by atoms with Crippen LogP contribution in [0.1, 0.15) is 5.69 Å². The van der Waals surface area contributed by atoms with Gasteiger partial charge in [0.05, 0.1) is 0 Å². The van der Waals surface area contributed by atoms with Crippen molar-refractivity contribution in [2.24, 2.45) is 0 Å². The molecule has 0 N–H and O–H groups in total. The van der Waals surface area contributed by atoms with Crippen molar-refractivity contribution < 1.29 is 0 Å². The molecule has 0 aliphatic heterocycles. The molecule has 0 unspecified atom stereocenters. The fourth-order valence-electron chi connectivity index (χ4n) is 1.39. The van der Waals surface area contributed by atoms with E-state index in [9.17, 15) is 0 Å². The van der Waals surface area contributed by atoms with Crippen molar-refractivity contribution in [3.05, 3.63) is 36.0 Å². The van der Waals surface area contributed by atoms with Crippen LogP contribution in [-0.4, -0.2) is 23.6 Å². The molecule has 0 bridgehead atoms. The number of hydrogen-bond donors (Lipinski definition) is 0. The van der Waals surface area contributed by atoms with Crippen molar-refractivity contribution in [3.8, 4) is 0 Å². The summed E-state index contributed by atoms with van der Waals surface area (Å²) in [4.78, 5) is 4.52. The van der Waals surface area contributed by atoms with Crippen molar-refractivity contribution in [2.45, 2.75) is 6.92 Å². The van der Waals surface area contributed by atoms with Crippen LogP contribution >= 0.6 is 0 Å². The standard InChI is InChI=1S/C10H8N.Ga.2H/c1-8-6-7-9-4-2-3-5-10(9)11-8;;;/h2-4,6-7H,1H3;;;. The Morgan fingerprint density at radius 3 is 2.83 bits per heavy atom. The van der Waals surface area contributed by atoms with E-state index < -0.39 is 0 Å². The van der Waals surface area contributed by atoms with Gasteiger partial charge in [-0.2, -0.15) is 0 Å². The first-order valence-corrected chi connectivity index (χ1v) is 6.20. The fourth-order valence-corrected chi connectivity index (χ4v) is 2.64. The molecule has 2 heteroatoms. The first kappa shape index (κ1) is 7.89. The number of aromatic nitrogens is 1. The Balaban J connectivity index is 2.88. The third kappa shape index (κ3) is 1.28. The second-order valence-corrected chi connectivity index (χ2v) is 5.36. The molecular weight excluding hydrogens is 204 g/mol. The zero-order valence-electron chi connectivity index (χ0n) is 7.33. The Morgan fingerprint density at radius 1 is 1.17 bits per heavy atom. The van der Waals surface area contributed by atoms with Crippen LogP contribution < -0.4 is 4.12 Å². The molecule has 2 rings (SSSR count). The molecule has 58 valence electrons. The van der Waals surface area contributed by atoms with Crippen molar-refractivity contribution in [3.63, 3.8) is 0 Å². The summed E-state index contributed by atoms with van der Waals surface area (Å²) in [6.07, 6.45) is 0. The second-order valence-electron chi connectivity index (χ2n) is 3.10. The zero-order chi connectivity index (χ0) is 8.55. The number of benzene rings is 1. The molecule has 0 aliphatic carbocycles. The molecule has 0 radical (unpaired) electrons. The van der Waals surface area contributed by atoms with Crippen LogP contribution in [0.4, 0.5) is 0 Å². The molecule has 1 aromatic heterocycles. The first-order valence-electron chi connectivity index (χ1n) is 4.10. The molecule has 2 aromatic rings. The predicted octanol–water partition coefficient (Wildman–Crippen LogP) is 0.802. The molecule has 0 aliphatic rings. The SMILES string of the molecule is Cc1ccc2ccc[c]([GaH2])c2n1. The normalized spacial score (nSPS) is 10.4. The van der Waals surface area contributed by atoms with Gasteiger partial charge in [-0.25, -0.2) is 0 Å². The molecule has 1 aromatic carbocycles. The Kier molecular flexibility index (Phi) is 1.94. The van der Waals surface area contributed by atoms with Gasteiger partial charge in [-0.15, -0.1) is 0 Å². The Hall–Kier alpha value is -0.734. The summed E-state index contributed by atoms with van der Waals surface area (Å²) in [5.74, 6) is 0. The minimum atomic E-state index is 0.716. The van der Waals surface area contributed by atoms with Gasteiger partial charge in [-0.05, 0) is 0 Å². The molecule has 0 fully saturated rings. The third-order valence-electron chi connectivity index (χ3n) is 2.06. The van der Waals surface area contributed by atoms with Gasteiger partial charge < -0.3 is 0 Å². The van der Waals surface area contributed by atoms with Gasteiger partial charge in [0.15, 0.2) is 0 Å². The molecule has 1 nitrogen and oxygen atoms in total. The predicted molar refractivity (Wildman–Crippen MR) is 54.7 cm³/mol. The molecule has 0 saturated heterocycles. The molecule has 0 spiro atoms. The zero-order valence-corrected chi connectivity index (χ0v) is 11.5. The van der Waals surface area contributed by atoms with Crippen LogP contribution in [0.5, 0.6) is 0 Å². The summed E-state index contributed by atoms with van der Waals surface area (Å²) in [5.41, 5.74) is 2.32. The van der Waals surface area contributed by atoms with Crippen molar-refractivity contribution in [1.82, 2.24) is 4.98 Å². The van der Waals surface area contributed by atoms with Gasteiger partial charge in [-0.3, -0.25) is 0 Å². The van der Waals surface area contributed by atoms with Crippen LogP contribution in [0.15, 0.2) is 30.3 Å². The molecule has 12 heavy (non-hydrogen) atoms. The maximum absolute atomic E-state index is 4.52. The van der Waals surface area contributed by atoms with Crippen LogP contribution in [0, 0.1) is 6.92 Å². The number of hydrogen-bond acceptors (Lipinski definition) is 1. The minimum absolute atomic E-state index is 0.716. The Labute approximate surface area is 81.7 Å². The van der Waals surface area contributed by atoms with E-state index in [1.807, 2.05) is 6.92 Å². The van der Waals surface area contributed by atoms with E-state index in [-0.39, 0.29) is 0 Å². The quantitative estimate of drug-likeness (QED) is 0.591. The average molecular weight is 214 g/mol. The summed E-state index contributed by atoms with van der Waals surface area (Å²) >= 11 is 0.716. The number of para-hydroxylation sites is 1. The van der Waals surface area contributed by atoms with Gasteiger partial charge in [0.25, 0.3) is 0 Å². The van der Waals surface area contributed by atoms with Gasteiger partial charge >= 0.3 is 81.6 Å². The monoisotopic (exact) mass is 213 g/mol. The molecule has 0 saturated carbocycles. The summed E-state index contributed by atoms with van der Waals surface area (Å²) in [7, 11) is 0. The number of nitrogens with zero attached hydrogens (tertiary/aromatic N) is 1. The van der Waals surface area contributed by atoms with Crippen molar-refractivity contribution in [2.75, 3.05) is 0 Å². The topological polar surface area (TPSA) is 12.9 Å². The summed E-state index contributed by atoms with van der Waals surface area (Å²) in [5, 5.41) is 1.27. The van der Waals surface area contributed by atoms with Gasteiger partial charge in [0.2, 0.25) is 0 Å². The fraction of sp³-hybridized carbons (Fsp3) is 0.100. The van der Waals surface area contributed by atoms with Gasteiger partial charge in [0, 0.05) is 0 Å². The van der Waals surface area contributed by atoms with E-state index in [2.05, 4.69) is 35.3 Å². The van der Waals surface area contributed by atoms with E-state index in [1.54, 1.807) is 0 Å². The van der Waals surface area contributed by atoms with Crippen LogP contribution in [0.2, 0.25) is 0 Å². The molecule has 0 amide bonds. The summed E-state index contributed by atoms with van der Waals surface area (Å²) in [6, 6.07) is 10.6. The van der Waals surface area contributed by atoms with Gasteiger partial charge in [0.1, 0.15) is 0 Å². The van der Waals surface area contributed by atoms with Gasteiger partial charge in [-0.1, -0.05) is 0 Å². The third-order valence-corrected chi connectivity index (χ3v) is 3.75. The van der Waals surface area contributed by atoms with Crippen LogP contribution in [-0.2, 0) is 0 Å². The van der Waals surface area contributed by atoms with Crippen molar-refractivity contribution in [1.29, 1.82) is 0 Å². The van der Waals surface area contributed by atoms with E-state index in [4.69, 9.17) is 0 Å². The first-order chi connectivity index (χ1) is 5.77. The second kappa shape index (κ2) is 2.96. The van der Waals surface area contributed by atoms with Crippen LogP contribution in [0.3, 0.4) is 0 Å².